The summed E-state index contributed by atoms with van der Waals surface area (Å²) in [6, 6.07) is 25.6. The van der Waals surface area contributed by atoms with Gasteiger partial charge in [0.05, 0.1) is 12.7 Å². The Bertz CT molecular complexity index is 1090. The maximum atomic E-state index is 11.8. The molecule has 2 bridgehead atoms. The largest absolute Gasteiger partial charge is 0.465 e. The monoisotopic (exact) mass is 440 g/mol. The van der Waals surface area contributed by atoms with Crippen LogP contribution in [0, 0.1) is 5.92 Å². The standard InChI is InChI=1S/C29H32N2O2/c1-33-29(32)24-9-7-23(8-10-24)25-11-12-26(18-27-17-21-13-15-31(27)16-14-21)28(19-25)30-20-22-5-3-2-4-6-22/h2-12,19,21,27,30H,13-18,20H2,1H3. The molecule has 3 aliphatic rings. The first-order chi connectivity index (χ1) is 16.2. The van der Waals surface area contributed by atoms with Crippen molar-refractivity contribution < 1.29 is 9.53 Å². The van der Waals surface area contributed by atoms with E-state index in [4.69, 9.17) is 4.74 Å². The molecule has 1 N–H and O–H groups in total. The van der Waals surface area contributed by atoms with E-state index in [9.17, 15) is 4.79 Å². The number of nitrogens with one attached hydrogen (secondary N) is 1. The van der Waals surface area contributed by atoms with Gasteiger partial charge < -0.3 is 15.0 Å². The first kappa shape index (κ1) is 21.7. The summed E-state index contributed by atoms with van der Waals surface area (Å²) < 4.78 is 4.83. The van der Waals surface area contributed by atoms with E-state index in [0.29, 0.717) is 11.6 Å². The van der Waals surface area contributed by atoms with Gasteiger partial charge in [0.1, 0.15) is 0 Å². The van der Waals surface area contributed by atoms with Crippen molar-refractivity contribution in [1.29, 1.82) is 0 Å². The van der Waals surface area contributed by atoms with E-state index < -0.39 is 0 Å². The number of esters is 1. The molecule has 1 atom stereocenters. The fraction of sp³-hybridized carbons (Fsp3) is 0.345. The molecule has 0 amide bonds. The van der Waals surface area contributed by atoms with Gasteiger partial charge in [0.2, 0.25) is 0 Å². The number of hydrogen-bond acceptors (Lipinski definition) is 4. The second-order valence-electron chi connectivity index (χ2n) is 9.35. The Balaban J connectivity index is 1.40. The zero-order chi connectivity index (χ0) is 22.6. The number of piperidine rings is 3. The number of ether oxygens (including phenoxy) is 1. The fourth-order valence-electron chi connectivity index (χ4n) is 5.36. The van der Waals surface area contributed by atoms with Gasteiger partial charge >= 0.3 is 5.97 Å². The van der Waals surface area contributed by atoms with Crippen LogP contribution in [0.2, 0.25) is 0 Å². The number of benzene rings is 3. The first-order valence-electron chi connectivity index (χ1n) is 12.0. The molecule has 0 aliphatic carbocycles. The van der Waals surface area contributed by atoms with Crippen LogP contribution in [-0.2, 0) is 17.7 Å². The van der Waals surface area contributed by atoms with Gasteiger partial charge in [-0.1, -0.05) is 54.6 Å². The minimum absolute atomic E-state index is 0.307. The lowest BCUT2D eigenvalue weighted by Gasteiger charge is -2.45. The molecule has 3 aliphatic heterocycles. The van der Waals surface area contributed by atoms with E-state index >= 15 is 0 Å². The Morgan fingerprint density at radius 2 is 1.70 bits per heavy atom. The summed E-state index contributed by atoms with van der Waals surface area (Å²) in [6.45, 7) is 3.31. The van der Waals surface area contributed by atoms with Crippen LogP contribution in [0.15, 0.2) is 72.8 Å². The lowest BCUT2D eigenvalue weighted by atomic mass is 9.81. The van der Waals surface area contributed by atoms with Crippen molar-refractivity contribution in [2.24, 2.45) is 5.92 Å². The maximum absolute atomic E-state index is 11.8. The van der Waals surface area contributed by atoms with Crippen LogP contribution in [-0.4, -0.2) is 37.1 Å². The Hall–Kier alpha value is -3.11. The van der Waals surface area contributed by atoms with Crippen molar-refractivity contribution in [3.05, 3.63) is 89.5 Å². The molecule has 4 heteroatoms. The van der Waals surface area contributed by atoms with Crippen molar-refractivity contribution in [2.45, 2.75) is 38.3 Å². The zero-order valence-corrected chi connectivity index (χ0v) is 19.3. The predicted molar refractivity (Wildman–Crippen MR) is 133 cm³/mol. The zero-order valence-electron chi connectivity index (χ0n) is 19.3. The van der Waals surface area contributed by atoms with Crippen LogP contribution < -0.4 is 5.32 Å². The summed E-state index contributed by atoms with van der Waals surface area (Å²) in [5.41, 5.74) is 6.68. The number of carbonyl (C=O) groups excluding carboxylic acids is 1. The van der Waals surface area contributed by atoms with Gasteiger partial charge in [-0.25, -0.2) is 4.79 Å². The molecule has 0 saturated carbocycles. The van der Waals surface area contributed by atoms with Crippen molar-refractivity contribution in [3.8, 4) is 11.1 Å². The van der Waals surface area contributed by atoms with Crippen molar-refractivity contribution in [3.63, 3.8) is 0 Å². The minimum Gasteiger partial charge on any atom is -0.465 e. The van der Waals surface area contributed by atoms with E-state index in [1.807, 2.05) is 24.3 Å². The highest BCUT2D eigenvalue weighted by Gasteiger charge is 2.33. The molecule has 3 saturated heterocycles. The van der Waals surface area contributed by atoms with Crippen LogP contribution in [0.4, 0.5) is 5.69 Å². The Kier molecular flexibility index (Phi) is 6.45. The lowest BCUT2D eigenvalue weighted by Crippen LogP contribution is -2.49. The predicted octanol–water partition coefficient (Wildman–Crippen LogP) is 5.78. The van der Waals surface area contributed by atoms with Crippen LogP contribution in [0.25, 0.3) is 11.1 Å². The number of carbonyl (C=O) groups is 1. The van der Waals surface area contributed by atoms with Crippen molar-refractivity contribution >= 4 is 11.7 Å². The van der Waals surface area contributed by atoms with Crippen LogP contribution in [0.5, 0.6) is 0 Å². The highest BCUT2D eigenvalue weighted by atomic mass is 16.5. The molecule has 0 spiro atoms. The molecule has 6 rings (SSSR count). The summed E-state index contributed by atoms with van der Waals surface area (Å²) in [6.07, 6.45) is 5.16. The van der Waals surface area contributed by atoms with Crippen LogP contribution >= 0.6 is 0 Å². The van der Waals surface area contributed by atoms with Gasteiger partial charge in [0, 0.05) is 18.3 Å². The molecule has 3 fully saturated rings. The number of hydrogen-bond donors (Lipinski definition) is 1. The smallest absolute Gasteiger partial charge is 0.337 e. The third-order valence-electron chi connectivity index (χ3n) is 7.30. The van der Waals surface area contributed by atoms with E-state index in [1.54, 1.807) is 0 Å². The SMILES string of the molecule is COC(=O)c1ccc(-c2ccc(CC3CC4CCN3CC4)c(NCc3ccccc3)c2)cc1. The molecular weight excluding hydrogens is 408 g/mol. The minimum atomic E-state index is -0.307. The molecule has 3 heterocycles. The third-order valence-corrected chi connectivity index (χ3v) is 7.30. The van der Waals surface area contributed by atoms with E-state index in [1.165, 1.54) is 56.3 Å². The second-order valence-corrected chi connectivity index (χ2v) is 9.35. The normalized spacial score (nSPS) is 21.5. The first-order valence-corrected chi connectivity index (χ1v) is 12.0. The molecule has 33 heavy (non-hydrogen) atoms. The highest BCUT2D eigenvalue weighted by Crippen LogP contribution is 2.35. The van der Waals surface area contributed by atoms with Gasteiger partial charge in [-0.3, -0.25) is 0 Å². The number of anilines is 1. The maximum Gasteiger partial charge on any atom is 0.337 e. The lowest BCUT2D eigenvalue weighted by molar-refractivity contribution is 0.0499. The quantitative estimate of drug-likeness (QED) is 0.473. The fourth-order valence-corrected chi connectivity index (χ4v) is 5.36. The van der Waals surface area contributed by atoms with Crippen LogP contribution in [0.3, 0.4) is 0 Å². The number of rotatable bonds is 7. The van der Waals surface area contributed by atoms with E-state index in [2.05, 4.69) is 58.7 Å². The molecule has 3 aromatic carbocycles. The molecule has 170 valence electrons. The number of fused-ring (bicyclic) bond motifs is 3. The Labute approximate surface area is 196 Å². The summed E-state index contributed by atoms with van der Waals surface area (Å²) in [7, 11) is 1.41. The summed E-state index contributed by atoms with van der Waals surface area (Å²) in [5.74, 6) is 0.604. The van der Waals surface area contributed by atoms with E-state index in [0.717, 1.165) is 30.0 Å². The topological polar surface area (TPSA) is 41.6 Å². The average Bonchev–Trinajstić information content (AvgIpc) is 2.89. The van der Waals surface area contributed by atoms with Crippen molar-refractivity contribution in [2.75, 3.05) is 25.5 Å². The average molecular weight is 441 g/mol. The Morgan fingerprint density at radius 1 is 0.970 bits per heavy atom. The van der Waals surface area contributed by atoms with Crippen molar-refractivity contribution in [1.82, 2.24) is 4.90 Å². The van der Waals surface area contributed by atoms with Gasteiger partial charge in [-0.15, -0.1) is 0 Å². The summed E-state index contributed by atoms with van der Waals surface area (Å²) >= 11 is 0. The third kappa shape index (κ3) is 4.96. The summed E-state index contributed by atoms with van der Waals surface area (Å²) in [5, 5.41) is 3.72. The molecule has 1 unspecified atom stereocenters. The van der Waals surface area contributed by atoms with Crippen LogP contribution in [0.1, 0.15) is 40.7 Å². The van der Waals surface area contributed by atoms with Gasteiger partial charge in [-0.2, -0.15) is 0 Å². The van der Waals surface area contributed by atoms with Gasteiger partial charge in [0.25, 0.3) is 0 Å². The van der Waals surface area contributed by atoms with Gasteiger partial charge in [0.15, 0.2) is 0 Å². The molecule has 4 nitrogen and oxygen atoms in total. The summed E-state index contributed by atoms with van der Waals surface area (Å²) in [4.78, 5) is 14.5. The molecule has 3 aromatic rings. The second kappa shape index (κ2) is 9.80. The molecule has 0 aromatic heterocycles. The van der Waals surface area contributed by atoms with E-state index in [-0.39, 0.29) is 5.97 Å². The number of methoxy groups -OCH3 is 1. The molecular formula is C29H32N2O2. The Morgan fingerprint density at radius 3 is 2.36 bits per heavy atom. The molecule has 0 radical (unpaired) electrons. The van der Waals surface area contributed by atoms with Gasteiger partial charge in [-0.05, 0) is 85.1 Å². The number of nitrogens with zero attached hydrogens (tertiary/aromatic N) is 1. The highest BCUT2D eigenvalue weighted by molar-refractivity contribution is 5.90.